The van der Waals surface area contributed by atoms with E-state index in [2.05, 4.69) is 27.7 Å². The third-order valence-electron chi connectivity index (χ3n) is 6.96. The van der Waals surface area contributed by atoms with E-state index in [9.17, 15) is 0 Å². The molecule has 158 valence electrons. The van der Waals surface area contributed by atoms with Crippen molar-refractivity contribution >= 4 is 0 Å². The number of hydrogen-bond donors (Lipinski definition) is 0. The molecule has 3 aliphatic heterocycles. The monoisotopic (exact) mass is 380 g/mol. The number of ether oxygens (including phenoxy) is 3. The molecule has 0 aromatic rings. The predicted molar refractivity (Wildman–Crippen MR) is 111 cm³/mol. The Morgan fingerprint density at radius 3 is 1.74 bits per heavy atom. The van der Waals surface area contributed by atoms with Gasteiger partial charge in [-0.1, -0.05) is 27.7 Å². The van der Waals surface area contributed by atoms with Gasteiger partial charge in [-0.15, -0.1) is 0 Å². The van der Waals surface area contributed by atoms with Gasteiger partial charge in [0.2, 0.25) is 0 Å². The highest BCUT2D eigenvalue weighted by Gasteiger charge is 2.31. The summed E-state index contributed by atoms with van der Waals surface area (Å²) in [7, 11) is 0. The minimum Gasteiger partial charge on any atom is -0.381 e. The largest absolute Gasteiger partial charge is 0.381 e. The van der Waals surface area contributed by atoms with Crippen LogP contribution in [0.25, 0.3) is 0 Å². The summed E-state index contributed by atoms with van der Waals surface area (Å²) in [6, 6.07) is 0. The molecule has 0 amide bonds. The highest BCUT2D eigenvalue weighted by molar-refractivity contribution is 4.81. The van der Waals surface area contributed by atoms with Gasteiger partial charge < -0.3 is 14.2 Å². The van der Waals surface area contributed by atoms with Gasteiger partial charge in [0, 0.05) is 26.4 Å². The van der Waals surface area contributed by atoms with Gasteiger partial charge >= 0.3 is 0 Å². The molecular weight excluding hydrogens is 336 g/mol. The van der Waals surface area contributed by atoms with Crippen LogP contribution in [0.15, 0.2) is 0 Å². The normalized spacial score (nSPS) is 36.6. The molecule has 5 unspecified atom stereocenters. The summed E-state index contributed by atoms with van der Waals surface area (Å²) in [5.74, 6) is 4.68. The molecule has 3 nitrogen and oxygen atoms in total. The molecule has 3 fully saturated rings. The van der Waals surface area contributed by atoms with Gasteiger partial charge in [0.05, 0.1) is 12.2 Å². The van der Waals surface area contributed by atoms with Gasteiger partial charge in [-0.05, 0) is 86.9 Å². The maximum atomic E-state index is 6.17. The Balaban J connectivity index is 1.30. The second-order valence-electron chi connectivity index (χ2n) is 10.6. The van der Waals surface area contributed by atoms with Crippen molar-refractivity contribution in [1.82, 2.24) is 0 Å². The Morgan fingerprint density at radius 2 is 1.22 bits per heavy atom. The zero-order valence-electron chi connectivity index (χ0n) is 18.3. The summed E-state index contributed by atoms with van der Waals surface area (Å²) in [6.45, 7) is 13.4. The van der Waals surface area contributed by atoms with E-state index in [0.29, 0.717) is 12.2 Å². The highest BCUT2D eigenvalue weighted by Crippen LogP contribution is 2.35. The molecule has 0 N–H and O–H groups in total. The van der Waals surface area contributed by atoms with Crippen molar-refractivity contribution in [1.29, 1.82) is 0 Å². The van der Waals surface area contributed by atoms with Crippen LogP contribution in [0.3, 0.4) is 0 Å². The predicted octanol–water partition coefficient (Wildman–Crippen LogP) is 5.71. The Kier molecular flexibility index (Phi) is 8.47. The molecule has 0 radical (unpaired) electrons. The Labute approximate surface area is 167 Å². The van der Waals surface area contributed by atoms with E-state index in [1.807, 2.05) is 0 Å². The van der Waals surface area contributed by atoms with Crippen molar-refractivity contribution in [3.63, 3.8) is 0 Å². The number of rotatable bonds is 10. The summed E-state index contributed by atoms with van der Waals surface area (Å²) in [5, 5.41) is 0. The Morgan fingerprint density at radius 1 is 0.667 bits per heavy atom. The molecule has 3 heterocycles. The number of hydrogen-bond acceptors (Lipinski definition) is 3. The molecule has 0 aliphatic carbocycles. The summed E-state index contributed by atoms with van der Waals surface area (Å²) >= 11 is 0. The molecule has 27 heavy (non-hydrogen) atoms. The van der Waals surface area contributed by atoms with E-state index >= 15 is 0 Å². The summed E-state index contributed by atoms with van der Waals surface area (Å²) in [5.41, 5.74) is 0. The fourth-order valence-corrected chi connectivity index (χ4v) is 5.88. The standard InChI is InChI=1S/C24H44O3/c1-17(2)7-21-12-23(26-15-21)11-19(4)9-22-13-24(27-16-22)10-18(3)8-20-5-6-25-14-20/h17-24H,5-16H2,1-4H3/t18?,19?,20?,21-,22+,23?,24?/m0/s1. The van der Waals surface area contributed by atoms with Gasteiger partial charge in [0.25, 0.3) is 0 Å². The Hall–Kier alpha value is -0.120. The summed E-state index contributed by atoms with van der Waals surface area (Å²) < 4.78 is 17.8. The van der Waals surface area contributed by atoms with Crippen LogP contribution in [0.2, 0.25) is 0 Å². The zero-order chi connectivity index (χ0) is 19.2. The van der Waals surface area contributed by atoms with Crippen LogP contribution in [0.1, 0.15) is 79.1 Å². The first-order valence-corrected chi connectivity index (χ1v) is 11.8. The third-order valence-corrected chi connectivity index (χ3v) is 6.96. The van der Waals surface area contributed by atoms with Crippen LogP contribution in [0, 0.1) is 35.5 Å². The van der Waals surface area contributed by atoms with Crippen LogP contribution in [-0.4, -0.2) is 38.6 Å². The minimum atomic E-state index is 0.498. The summed E-state index contributed by atoms with van der Waals surface area (Å²) in [4.78, 5) is 0. The molecule has 3 saturated heterocycles. The first kappa shape index (κ1) is 21.6. The van der Waals surface area contributed by atoms with Crippen LogP contribution in [0.4, 0.5) is 0 Å². The first-order chi connectivity index (χ1) is 13.0. The lowest BCUT2D eigenvalue weighted by molar-refractivity contribution is 0.0772. The molecule has 7 atom stereocenters. The van der Waals surface area contributed by atoms with Gasteiger partial charge in [0.1, 0.15) is 0 Å². The molecule has 3 heteroatoms. The molecule has 0 aromatic heterocycles. The molecule has 0 bridgehead atoms. The average molecular weight is 381 g/mol. The van der Waals surface area contributed by atoms with Crippen LogP contribution < -0.4 is 0 Å². The SMILES string of the molecule is CC(C)C[C@@H]1COC(CC(C)C[C@H]2COC(CC(C)CC3CCOC3)C2)C1. The topological polar surface area (TPSA) is 27.7 Å². The van der Waals surface area contributed by atoms with E-state index in [1.54, 1.807) is 0 Å². The molecule has 0 saturated carbocycles. The van der Waals surface area contributed by atoms with Crippen molar-refractivity contribution < 1.29 is 14.2 Å². The second kappa shape index (κ2) is 10.6. The van der Waals surface area contributed by atoms with E-state index < -0.39 is 0 Å². The second-order valence-corrected chi connectivity index (χ2v) is 10.6. The fourth-order valence-electron chi connectivity index (χ4n) is 5.88. The van der Waals surface area contributed by atoms with Crippen LogP contribution >= 0.6 is 0 Å². The van der Waals surface area contributed by atoms with Crippen molar-refractivity contribution in [3.05, 3.63) is 0 Å². The lowest BCUT2D eigenvalue weighted by Gasteiger charge is -2.20. The molecule has 0 spiro atoms. The molecule has 3 aliphatic rings. The van der Waals surface area contributed by atoms with E-state index in [4.69, 9.17) is 14.2 Å². The van der Waals surface area contributed by atoms with E-state index in [1.165, 1.54) is 51.4 Å². The van der Waals surface area contributed by atoms with Gasteiger partial charge in [-0.2, -0.15) is 0 Å². The van der Waals surface area contributed by atoms with Crippen molar-refractivity contribution in [2.75, 3.05) is 26.4 Å². The third kappa shape index (κ3) is 7.33. The van der Waals surface area contributed by atoms with Crippen LogP contribution in [0.5, 0.6) is 0 Å². The van der Waals surface area contributed by atoms with Crippen LogP contribution in [-0.2, 0) is 14.2 Å². The minimum absolute atomic E-state index is 0.498. The fraction of sp³-hybridized carbons (Fsp3) is 1.00. The summed E-state index contributed by atoms with van der Waals surface area (Å²) in [6.07, 6.45) is 11.3. The van der Waals surface area contributed by atoms with E-state index in [0.717, 1.165) is 61.9 Å². The van der Waals surface area contributed by atoms with Crippen molar-refractivity contribution in [3.8, 4) is 0 Å². The van der Waals surface area contributed by atoms with Gasteiger partial charge in [0.15, 0.2) is 0 Å². The molecule has 0 aromatic carbocycles. The maximum Gasteiger partial charge on any atom is 0.0581 e. The first-order valence-electron chi connectivity index (χ1n) is 11.8. The highest BCUT2D eigenvalue weighted by atomic mass is 16.5. The lowest BCUT2D eigenvalue weighted by Crippen LogP contribution is -2.15. The lowest BCUT2D eigenvalue weighted by atomic mass is 9.86. The van der Waals surface area contributed by atoms with Crippen molar-refractivity contribution in [2.45, 2.75) is 91.3 Å². The average Bonchev–Trinajstić information content (AvgIpc) is 3.31. The smallest absolute Gasteiger partial charge is 0.0581 e. The quantitative estimate of drug-likeness (QED) is 0.486. The molecule has 3 rings (SSSR count). The zero-order valence-corrected chi connectivity index (χ0v) is 18.3. The molecular formula is C24H44O3. The van der Waals surface area contributed by atoms with Crippen molar-refractivity contribution in [2.24, 2.45) is 35.5 Å². The van der Waals surface area contributed by atoms with Gasteiger partial charge in [-0.25, -0.2) is 0 Å². The maximum absolute atomic E-state index is 6.17. The van der Waals surface area contributed by atoms with Gasteiger partial charge in [-0.3, -0.25) is 0 Å². The van der Waals surface area contributed by atoms with E-state index in [-0.39, 0.29) is 0 Å². The Bertz CT molecular complexity index is 418.